The number of carbonyl (C=O) groups excluding carboxylic acids is 1. The van der Waals surface area contributed by atoms with Crippen LogP contribution in [0.3, 0.4) is 0 Å². The molecule has 0 spiro atoms. The second kappa shape index (κ2) is 5.29. The van der Waals surface area contributed by atoms with Gasteiger partial charge in [-0.05, 0) is 42.0 Å². The zero-order valence-corrected chi connectivity index (χ0v) is 12.2. The second-order valence-corrected chi connectivity index (χ2v) is 6.04. The quantitative estimate of drug-likeness (QED) is 0.917. The zero-order chi connectivity index (χ0) is 14.0. The number of rotatable bonds is 5. The van der Waals surface area contributed by atoms with Gasteiger partial charge >= 0.3 is 0 Å². The molecule has 0 aliphatic heterocycles. The molecule has 0 atom stereocenters. The van der Waals surface area contributed by atoms with Crippen molar-refractivity contribution >= 4 is 17.2 Å². The van der Waals surface area contributed by atoms with E-state index in [1.165, 1.54) is 4.88 Å². The number of methoxy groups -OCH3 is 1. The summed E-state index contributed by atoms with van der Waals surface area (Å²) in [5.74, 6) is 0.980. The predicted octanol–water partition coefficient (Wildman–Crippen LogP) is 3.10. The van der Waals surface area contributed by atoms with Crippen molar-refractivity contribution in [1.82, 2.24) is 5.32 Å². The molecule has 0 bridgehead atoms. The number of nitrogens with one attached hydrogen (secondary N) is 1. The van der Waals surface area contributed by atoms with Crippen molar-refractivity contribution in [1.29, 1.82) is 0 Å². The van der Waals surface area contributed by atoms with Crippen LogP contribution in [0.1, 0.15) is 23.3 Å². The van der Waals surface area contributed by atoms with E-state index in [4.69, 9.17) is 4.74 Å². The molecule has 20 heavy (non-hydrogen) atoms. The SMILES string of the molecule is COc1ccc(CNC(=O)C2(c3cccs3)CC2)cc1. The molecule has 1 aromatic carbocycles. The van der Waals surface area contributed by atoms with Crippen LogP contribution in [0.15, 0.2) is 41.8 Å². The van der Waals surface area contributed by atoms with E-state index in [1.54, 1.807) is 18.4 Å². The predicted molar refractivity (Wildman–Crippen MR) is 80.1 cm³/mol. The van der Waals surface area contributed by atoms with Crippen molar-refractivity contribution < 1.29 is 9.53 Å². The van der Waals surface area contributed by atoms with Crippen LogP contribution in [0.2, 0.25) is 0 Å². The molecule has 104 valence electrons. The maximum absolute atomic E-state index is 12.4. The molecule has 1 heterocycles. The highest BCUT2D eigenvalue weighted by Gasteiger charge is 2.51. The van der Waals surface area contributed by atoms with Gasteiger partial charge in [0.15, 0.2) is 0 Å². The fraction of sp³-hybridized carbons (Fsp3) is 0.312. The van der Waals surface area contributed by atoms with Gasteiger partial charge in [0.2, 0.25) is 5.91 Å². The fourth-order valence-electron chi connectivity index (χ4n) is 2.36. The van der Waals surface area contributed by atoms with E-state index < -0.39 is 0 Å². The number of hydrogen-bond donors (Lipinski definition) is 1. The monoisotopic (exact) mass is 287 g/mol. The van der Waals surface area contributed by atoms with Crippen LogP contribution in [0.25, 0.3) is 0 Å². The van der Waals surface area contributed by atoms with E-state index in [-0.39, 0.29) is 11.3 Å². The molecule has 1 amide bonds. The Hall–Kier alpha value is -1.81. The van der Waals surface area contributed by atoms with E-state index in [0.717, 1.165) is 24.2 Å². The van der Waals surface area contributed by atoms with Crippen LogP contribution in [-0.4, -0.2) is 13.0 Å². The van der Waals surface area contributed by atoms with Gasteiger partial charge in [0.25, 0.3) is 0 Å². The van der Waals surface area contributed by atoms with Crippen LogP contribution in [0.4, 0.5) is 0 Å². The lowest BCUT2D eigenvalue weighted by Crippen LogP contribution is -2.33. The third kappa shape index (κ3) is 2.43. The Balaban J connectivity index is 1.62. The molecule has 3 nitrogen and oxygen atoms in total. The third-order valence-corrected chi connectivity index (χ3v) is 4.86. The lowest BCUT2D eigenvalue weighted by Gasteiger charge is -2.14. The Morgan fingerprint density at radius 2 is 2.05 bits per heavy atom. The summed E-state index contributed by atoms with van der Waals surface area (Å²) in [5, 5.41) is 5.09. The van der Waals surface area contributed by atoms with E-state index >= 15 is 0 Å². The number of ether oxygens (including phenoxy) is 1. The van der Waals surface area contributed by atoms with E-state index in [0.29, 0.717) is 6.54 Å². The Kier molecular flexibility index (Phi) is 3.49. The van der Waals surface area contributed by atoms with Crippen LogP contribution in [0.5, 0.6) is 5.75 Å². The first kappa shape index (κ1) is 13.2. The van der Waals surface area contributed by atoms with Gasteiger partial charge in [-0.3, -0.25) is 4.79 Å². The van der Waals surface area contributed by atoms with Crippen molar-refractivity contribution in [3.05, 3.63) is 52.2 Å². The smallest absolute Gasteiger partial charge is 0.231 e. The topological polar surface area (TPSA) is 38.3 Å². The summed E-state index contributed by atoms with van der Waals surface area (Å²) in [4.78, 5) is 13.6. The van der Waals surface area contributed by atoms with Gasteiger partial charge in [-0.25, -0.2) is 0 Å². The molecule has 3 rings (SSSR count). The molecule has 1 saturated carbocycles. The summed E-state index contributed by atoms with van der Waals surface area (Å²) in [5.41, 5.74) is 0.835. The molecule has 1 aliphatic rings. The van der Waals surface area contributed by atoms with Crippen LogP contribution in [0, 0.1) is 0 Å². The van der Waals surface area contributed by atoms with E-state index in [9.17, 15) is 4.79 Å². The molecule has 2 aromatic rings. The molecule has 0 unspecified atom stereocenters. The van der Waals surface area contributed by atoms with Crippen molar-refractivity contribution in [2.75, 3.05) is 7.11 Å². The Bertz CT molecular complexity index is 585. The zero-order valence-electron chi connectivity index (χ0n) is 11.4. The lowest BCUT2D eigenvalue weighted by molar-refractivity contribution is -0.123. The third-order valence-electron chi connectivity index (χ3n) is 3.79. The van der Waals surface area contributed by atoms with Crippen LogP contribution >= 0.6 is 11.3 Å². The number of hydrogen-bond acceptors (Lipinski definition) is 3. The summed E-state index contributed by atoms with van der Waals surface area (Å²) in [6, 6.07) is 11.8. The summed E-state index contributed by atoms with van der Waals surface area (Å²) >= 11 is 1.67. The first-order valence-corrected chi connectivity index (χ1v) is 7.58. The van der Waals surface area contributed by atoms with Gasteiger partial charge in [-0.15, -0.1) is 11.3 Å². The molecule has 1 aliphatic carbocycles. The minimum Gasteiger partial charge on any atom is -0.497 e. The van der Waals surface area contributed by atoms with E-state index in [1.807, 2.05) is 35.7 Å². The fourth-order valence-corrected chi connectivity index (χ4v) is 3.34. The van der Waals surface area contributed by atoms with Gasteiger partial charge in [-0.2, -0.15) is 0 Å². The summed E-state index contributed by atoms with van der Waals surface area (Å²) in [6.45, 7) is 0.565. The maximum atomic E-state index is 12.4. The number of thiophene rings is 1. The highest BCUT2D eigenvalue weighted by Crippen LogP contribution is 2.50. The van der Waals surface area contributed by atoms with Crippen LogP contribution < -0.4 is 10.1 Å². The summed E-state index contributed by atoms with van der Waals surface area (Å²) in [6.07, 6.45) is 1.92. The summed E-state index contributed by atoms with van der Waals surface area (Å²) < 4.78 is 5.12. The maximum Gasteiger partial charge on any atom is 0.231 e. The van der Waals surface area contributed by atoms with Crippen molar-refractivity contribution in [2.45, 2.75) is 24.8 Å². The first-order chi connectivity index (χ1) is 9.74. The normalized spacial score (nSPS) is 15.7. The Labute approximate surface area is 122 Å². The molecule has 1 fully saturated rings. The number of carbonyl (C=O) groups is 1. The lowest BCUT2D eigenvalue weighted by atomic mass is 10.0. The molecule has 0 radical (unpaired) electrons. The first-order valence-electron chi connectivity index (χ1n) is 6.70. The molecular formula is C16H17NO2S. The minimum atomic E-state index is -0.249. The van der Waals surface area contributed by atoms with Gasteiger partial charge in [0.1, 0.15) is 5.75 Å². The van der Waals surface area contributed by atoms with Crippen molar-refractivity contribution in [3.63, 3.8) is 0 Å². The minimum absolute atomic E-state index is 0.149. The molecule has 0 saturated heterocycles. The van der Waals surface area contributed by atoms with E-state index in [2.05, 4.69) is 11.4 Å². The molecule has 4 heteroatoms. The molecule has 1 N–H and O–H groups in total. The van der Waals surface area contributed by atoms with Gasteiger partial charge in [0, 0.05) is 11.4 Å². The second-order valence-electron chi connectivity index (χ2n) is 5.09. The Morgan fingerprint density at radius 3 is 2.60 bits per heavy atom. The number of amides is 1. The molecular weight excluding hydrogens is 270 g/mol. The van der Waals surface area contributed by atoms with Gasteiger partial charge in [-0.1, -0.05) is 18.2 Å². The number of benzene rings is 1. The average Bonchev–Trinajstić information content (AvgIpc) is 3.12. The highest BCUT2D eigenvalue weighted by molar-refractivity contribution is 7.10. The molecule has 1 aromatic heterocycles. The Morgan fingerprint density at radius 1 is 1.30 bits per heavy atom. The van der Waals surface area contributed by atoms with Crippen LogP contribution in [-0.2, 0) is 16.8 Å². The van der Waals surface area contributed by atoms with Gasteiger partial charge in [0.05, 0.1) is 12.5 Å². The van der Waals surface area contributed by atoms with Crippen molar-refractivity contribution in [2.24, 2.45) is 0 Å². The average molecular weight is 287 g/mol. The standard InChI is InChI=1S/C16H17NO2S/c1-19-13-6-4-12(5-7-13)11-17-15(18)16(8-9-16)14-3-2-10-20-14/h2-7,10H,8-9,11H2,1H3,(H,17,18). The van der Waals surface area contributed by atoms with Crippen molar-refractivity contribution in [3.8, 4) is 5.75 Å². The van der Waals surface area contributed by atoms with Gasteiger partial charge < -0.3 is 10.1 Å². The largest absolute Gasteiger partial charge is 0.497 e. The summed E-state index contributed by atoms with van der Waals surface area (Å²) in [7, 11) is 1.65. The highest BCUT2D eigenvalue weighted by atomic mass is 32.1.